The molecule has 0 saturated heterocycles. The molecule has 2 rings (SSSR count). The Balaban J connectivity index is 1.68. The fourth-order valence-corrected chi connectivity index (χ4v) is 1.61. The molecule has 0 aliphatic rings. The maximum atomic E-state index is 11.5. The summed E-state index contributed by atoms with van der Waals surface area (Å²) in [5, 5.41) is 10.5. The Morgan fingerprint density at radius 3 is 2.71 bits per heavy atom. The predicted octanol–water partition coefficient (Wildman–Crippen LogP) is 3.07. The van der Waals surface area contributed by atoms with Gasteiger partial charge in [-0.05, 0) is 23.8 Å². The van der Waals surface area contributed by atoms with E-state index in [1.165, 1.54) is 0 Å². The summed E-state index contributed by atoms with van der Waals surface area (Å²) in [4.78, 5) is 11.5. The largest absolute Gasteiger partial charge is 0.445 e. The van der Waals surface area contributed by atoms with Crippen molar-refractivity contribution < 1.29 is 9.53 Å². The average molecular weight is 304 g/mol. The van der Waals surface area contributed by atoms with Gasteiger partial charge < -0.3 is 10.1 Å². The van der Waals surface area contributed by atoms with Crippen molar-refractivity contribution in [3.05, 3.63) is 65.0 Å². The molecule has 1 N–H and O–H groups in total. The van der Waals surface area contributed by atoms with Crippen LogP contribution < -0.4 is 5.32 Å². The minimum absolute atomic E-state index is 0.249. The van der Waals surface area contributed by atoms with Crippen LogP contribution in [0.3, 0.4) is 0 Å². The van der Waals surface area contributed by atoms with Crippen molar-refractivity contribution in [2.75, 3.05) is 6.54 Å². The molecule has 6 heteroatoms. The molecular weight excluding hydrogens is 290 g/mol. The predicted molar refractivity (Wildman–Crippen MR) is 80.7 cm³/mol. The van der Waals surface area contributed by atoms with Crippen LogP contribution in [-0.4, -0.2) is 22.8 Å². The van der Waals surface area contributed by atoms with Crippen LogP contribution in [0.1, 0.15) is 11.3 Å². The third-order valence-electron chi connectivity index (χ3n) is 2.52. The molecule has 0 bridgehead atoms. The smallest absolute Gasteiger partial charge is 0.407 e. The molecule has 5 nitrogen and oxygen atoms in total. The number of hydrogen-bond donors (Lipinski definition) is 1. The zero-order valence-electron chi connectivity index (χ0n) is 11.2. The van der Waals surface area contributed by atoms with Gasteiger partial charge in [-0.25, -0.2) is 4.79 Å². The molecule has 2 aromatic rings. The first-order chi connectivity index (χ1) is 10.2. The highest BCUT2D eigenvalue weighted by molar-refractivity contribution is 6.29. The second-order valence-electron chi connectivity index (χ2n) is 4.13. The lowest BCUT2D eigenvalue weighted by Gasteiger charge is -2.05. The molecule has 108 valence electrons. The van der Waals surface area contributed by atoms with Crippen molar-refractivity contribution in [3.8, 4) is 0 Å². The Labute approximate surface area is 127 Å². The number of rotatable bonds is 5. The van der Waals surface area contributed by atoms with Crippen LogP contribution >= 0.6 is 11.6 Å². The first kappa shape index (κ1) is 15.0. The van der Waals surface area contributed by atoms with Gasteiger partial charge in [0.2, 0.25) is 0 Å². The van der Waals surface area contributed by atoms with Gasteiger partial charge >= 0.3 is 6.09 Å². The molecule has 1 amide bonds. The van der Waals surface area contributed by atoms with Gasteiger partial charge in [0.25, 0.3) is 0 Å². The van der Waals surface area contributed by atoms with Crippen molar-refractivity contribution >= 4 is 23.8 Å². The van der Waals surface area contributed by atoms with Gasteiger partial charge in [-0.2, -0.15) is 0 Å². The summed E-state index contributed by atoms with van der Waals surface area (Å²) in [7, 11) is 0. The van der Waals surface area contributed by atoms with Crippen LogP contribution in [0.2, 0.25) is 5.15 Å². The van der Waals surface area contributed by atoms with E-state index in [9.17, 15) is 4.79 Å². The number of nitrogens with zero attached hydrogens (tertiary/aromatic N) is 2. The molecule has 0 aliphatic carbocycles. The molecule has 0 saturated carbocycles. The highest BCUT2D eigenvalue weighted by atomic mass is 35.5. The molecule has 21 heavy (non-hydrogen) atoms. The number of carbonyl (C=O) groups is 1. The number of hydrogen-bond acceptors (Lipinski definition) is 4. The zero-order valence-corrected chi connectivity index (χ0v) is 12.0. The minimum Gasteiger partial charge on any atom is -0.445 e. The number of amides is 1. The maximum Gasteiger partial charge on any atom is 0.407 e. The molecule has 1 aromatic carbocycles. The maximum absolute atomic E-state index is 11.5. The van der Waals surface area contributed by atoms with Crippen LogP contribution in [0.25, 0.3) is 6.08 Å². The SMILES string of the molecule is O=C(NCC=Cc1ccc(Cl)nn1)OCc1ccccc1. The van der Waals surface area contributed by atoms with Gasteiger partial charge in [-0.3, -0.25) is 0 Å². The molecule has 0 spiro atoms. The van der Waals surface area contributed by atoms with Crippen LogP contribution in [0.15, 0.2) is 48.5 Å². The van der Waals surface area contributed by atoms with Crippen molar-refractivity contribution in [3.63, 3.8) is 0 Å². The van der Waals surface area contributed by atoms with Gasteiger partial charge in [-0.15, -0.1) is 10.2 Å². The van der Waals surface area contributed by atoms with E-state index in [1.54, 1.807) is 24.3 Å². The summed E-state index contributed by atoms with van der Waals surface area (Å²) in [6, 6.07) is 12.9. The minimum atomic E-state index is -0.467. The van der Waals surface area contributed by atoms with Crippen LogP contribution in [-0.2, 0) is 11.3 Å². The monoisotopic (exact) mass is 303 g/mol. The van der Waals surface area contributed by atoms with E-state index in [0.717, 1.165) is 5.56 Å². The van der Waals surface area contributed by atoms with Crippen molar-refractivity contribution in [1.29, 1.82) is 0 Å². The second-order valence-corrected chi connectivity index (χ2v) is 4.51. The molecule has 1 heterocycles. The summed E-state index contributed by atoms with van der Waals surface area (Å²) in [6.07, 6.45) is 3.02. The lowest BCUT2D eigenvalue weighted by atomic mass is 10.2. The normalized spacial score (nSPS) is 10.5. The topological polar surface area (TPSA) is 64.1 Å². The molecule has 0 unspecified atom stereocenters. The molecule has 0 aliphatic heterocycles. The van der Waals surface area contributed by atoms with E-state index in [0.29, 0.717) is 17.4 Å². The van der Waals surface area contributed by atoms with Gasteiger partial charge in [0.1, 0.15) is 6.61 Å². The number of benzene rings is 1. The van der Waals surface area contributed by atoms with Gasteiger partial charge in [-0.1, -0.05) is 48.0 Å². The van der Waals surface area contributed by atoms with Crippen molar-refractivity contribution in [1.82, 2.24) is 15.5 Å². The molecule has 1 aromatic heterocycles. The summed E-state index contributed by atoms with van der Waals surface area (Å²) < 4.78 is 5.07. The Morgan fingerprint density at radius 1 is 1.19 bits per heavy atom. The van der Waals surface area contributed by atoms with E-state index in [4.69, 9.17) is 16.3 Å². The Hall–Kier alpha value is -2.40. The first-order valence-corrected chi connectivity index (χ1v) is 6.72. The third-order valence-corrected chi connectivity index (χ3v) is 2.72. The molecular formula is C15H14ClN3O2. The Morgan fingerprint density at radius 2 is 2.00 bits per heavy atom. The zero-order chi connectivity index (χ0) is 14.9. The summed E-state index contributed by atoms with van der Waals surface area (Å²) >= 11 is 5.63. The second kappa shape index (κ2) is 8.01. The van der Waals surface area contributed by atoms with E-state index >= 15 is 0 Å². The Bertz CT molecular complexity index is 600. The Kier molecular flexibility index (Phi) is 5.72. The number of halogens is 1. The highest BCUT2D eigenvalue weighted by Crippen LogP contribution is 2.03. The number of alkyl carbamates (subject to hydrolysis) is 1. The fourth-order valence-electron chi connectivity index (χ4n) is 1.51. The number of nitrogens with one attached hydrogen (secondary N) is 1. The molecule has 0 atom stereocenters. The van der Waals surface area contributed by atoms with E-state index < -0.39 is 6.09 Å². The van der Waals surface area contributed by atoms with Gasteiger partial charge in [0, 0.05) is 6.54 Å². The lowest BCUT2D eigenvalue weighted by Crippen LogP contribution is -2.24. The molecule has 0 radical (unpaired) electrons. The average Bonchev–Trinajstić information content (AvgIpc) is 2.52. The number of carbonyl (C=O) groups excluding carboxylic acids is 1. The lowest BCUT2D eigenvalue weighted by molar-refractivity contribution is 0.141. The van der Waals surface area contributed by atoms with E-state index in [1.807, 2.05) is 30.3 Å². The quantitative estimate of drug-likeness (QED) is 0.922. The summed E-state index contributed by atoms with van der Waals surface area (Å²) in [6.45, 7) is 0.594. The fraction of sp³-hybridized carbons (Fsp3) is 0.133. The van der Waals surface area contributed by atoms with Gasteiger partial charge in [0.05, 0.1) is 5.69 Å². The first-order valence-electron chi connectivity index (χ1n) is 6.34. The van der Waals surface area contributed by atoms with Crippen LogP contribution in [0.4, 0.5) is 4.79 Å². The van der Waals surface area contributed by atoms with E-state index in [2.05, 4.69) is 15.5 Å². The van der Waals surface area contributed by atoms with E-state index in [-0.39, 0.29) is 6.61 Å². The number of aromatic nitrogens is 2. The third kappa shape index (κ3) is 5.62. The number of ether oxygens (including phenoxy) is 1. The van der Waals surface area contributed by atoms with Crippen molar-refractivity contribution in [2.24, 2.45) is 0 Å². The van der Waals surface area contributed by atoms with Gasteiger partial charge in [0.15, 0.2) is 5.15 Å². The summed E-state index contributed by atoms with van der Waals surface area (Å²) in [5.74, 6) is 0. The van der Waals surface area contributed by atoms with Crippen molar-refractivity contribution in [2.45, 2.75) is 6.61 Å². The summed E-state index contributed by atoms with van der Waals surface area (Å²) in [5.41, 5.74) is 1.61. The van der Waals surface area contributed by atoms with Crippen LogP contribution in [0.5, 0.6) is 0 Å². The van der Waals surface area contributed by atoms with Crippen LogP contribution in [0, 0.1) is 0 Å². The standard InChI is InChI=1S/C15H14ClN3O2/c16-14-9-8-13(18-19-14)7-4-10-17-15(20)21-11-12-5-2-1-3-6-12/h1-9H,10-11H2,(H,17,20). The highest BCUT2D eigenvalue weighted by Gasteiger charge is 2.00. The molecule has 0 fully saturated rings.